The van der Waals surface area contributed by atoms with Crippen LogP contribution in [0.1, 0.15) is 48.7 Å². The third-order valence-electron chi connectivity index (χ3n) is 6.22. The van der Waals surface area contributed by atoms with Crippen LogP contribution >= 0.6 is 0 Å². The van der Waals surface area contributed by atoms with Crippen LogP contribution in [0.15, 0.2) is 48.8 Å². The van der Waals surface area contributed by atoms with Gasteiger partial charge in [0.2, 0.25) is 5.91 Å². The molecule has 4 aromatic rings. The highest BCUT2D eigenvalue weighted by molar-refractivity contribution is 6.02. The number of likely N-dealkylation sites (tertiary alicyclic amines) is 1. The van der Waals surface area contributed by atoms with E-state index in [1.54, 1.807) is 18.5 Å². The molecule has 1 aromatic carbocycles. The largest absolute Gasteiger partial charge is 0.381 e. The summed E-state index contributed by atoms with van der Waals surface area (Å²) in [5.41, 5.74) is 3.84. The van der Waals surface area contributed by atoms with Crippen LogP contribution in [0.25, 0.3) is 21.9 Å². The molecule has 0 radical (unpaired) electrons. The van der Waals surface area contributed by atoms with Gasteiger partial charge in [0.25, 0.3) is 0 Å². The molecule has 3 aromatic heterocycles. The molecule has 34 heavy (non-hydrogen) atoms. The number of nitrogens with zero attached hydrogens (tertiary/aromatic N) is 5. The Hall–Kier alpha value is -3.83. The van der Waals surface area contributed by atoms with E-state index in [1.807, 2.05) is 35.2 Å². The highest BCUT2D eigenvalue weighted by atomic mass is 16.5. The van der Waals surface area contributed by atoms with Gasteiger partial charge in [0.15, 0.2) is 0 Å². The number of H-pyrrole nitrogens is 1. The second-order valence-electron chi connectivity index (χ2n) is 8.66. The molecule has 0 aliphatic carbocycles. The fraction of sp³-hybridized carbons (Fsp3) is 0.346. The van der Waals surface area contributed by atoms with E-state index < -0.39 is 0 Å². The number of carbonyl (C=O) groups excluding carboxylic acids is 1. The number of pyridine rings is 2. The summed E-state index contributed by atoms with van der Waals surface area (Å²) in [4.78, 5) is 31.2. The van der Waals surface area contributed by atoms with E-state index in [9.17, 15) is 10.1 Å². The molecule has 0 saturated carbocycles. The Bertz CT molecular complexity index is 1330. The fourth-order valence-electron chi connectivity index (χ4n) is 4.42. The van der Waals surface area contributed by atoms with E-state index in [0.717, 1.165) is 46.7 Å². The monoisotopic (exact) mass is 454 g/mol. The van der Waals surface area contributed by atoms with Crippen molar-refractivity contribution < 1.29 is 9.53 Å². The van der Waals surface area contributed by atoms with Gasteiger partial charge >= 0.3 is 0 Å². The minimum atomic E-state index is -0.00203. The van der Waals surface area contributed by atoms with Crippen LogP contribution in [0.5, 0.6) is 0 Å². The Balaban J connectivity index is 0.000000351. The van der Waals surface area contributed by atoms with Crippen molar-refractivity contribution in [2.75, 3.05) is 19.8 Å². The first-order valence-corrected chi connectivity index (χ1v) is 11.6. The Morgan fingerprint density at radius 2 is 2.03 bits per heavy atom. The Morgan fingerprint density at radius 1 is 1.15 bits per heavy atom. The highest BCUT2D eigenvalue weighted by Gasteiger charge is 2.32. The molecule has 0 spiro atoms. The number of nitriles is 1. The number of benzene rings is 1. The van der Waals surface area contributed by atoms with Gasteiger partial charge in [-0.3, -0.25) is 14.8 Å². The van der Waals surface area contributed by atoms with E-state index in [0.29, 0.717) is 25.1 Å². The second kappa shape index (κ2) is 9.98. The number of hydrogen-bond acceptors (Lipinski definition) is 6. The van der Waals surface area contributed by atoms with Gasteiger partial charge in [-0.1, -0.05) is 6.07 Å². The maximum Gasteiger partial charge on any atom is 0.223 e. The second-order valence-corrected chi connectivity index (χ2v) is 8.66. The van der Waals surface area contributed by atoms with Crippen molar-refractivity contribution in [1.29, 1.82) is 5.26 Å². The van der Waals surface area contributed by atoms with Gasteiger partial charge in [0, 0.05) is 43.7 Å². The molecule has 6 rings (SSSR count). The average Bonchev–Trinajstić information content (AvgIpc) is 3.49. The quantitative estimate of drug-likeness (QED) is 0.500. The van der Waals surface area contributed by atoms with Crippen LogP contribution < -0.4 is 0 Å². The number of carbonyl (C=O) groups is 1. The standard InChI is InChI=1S/C21H16N6O.C5H10O/c22-9-13-4-5-17-16(7-13)20-18(10-24-17)25-21(26-20)14-8-19(28)27(11-14)12-15-3-1-2-6-23-15;1-2-4-6-5-3-1/h1-7,10,14H,8,11-12H2,(H,25,26);1-5H2. The van der Waals surface area contributed by atoms with Gasteiger partial charge in [-0.05, 0) is 49.6 Å². The van der Waals surface area contributed by atoms with Crippen molar-refractivity contribution in [3.63, 3.8) is 0 Å². The van der Waals surface area contributed by atoms with E-state index >= 15 is 0 Å². The van der Waals surface area contributed by atoms with E-state index in [4.69, 9.17) is 9.72 Å². The lowest BCUT2D eigenvalue weighted by atomic mass is 10.1. The van der Waals surface area contributed by atoms with Crippen LogP contribution in [0, 0.1) is 11.3 Å². The maximum atomic E-state index is 12.5. The first kappa shape index (κ1) is 22.0. The molecule has 1 atom stereocenters. The summed E-state index contributed by atoms with van der Waals surface area (Å²) in [7, 11) is 0. The van der Waals surface area contributed by atoms with Crippen LogP contribution in [0.2, 0.25) is 0 Å². The lowest BCUT2D eigenvalue weighted by molar-refractivity contribution is -0.128. The molecule has 0 bridgehead atoms. The van der Waals surface area contributed by atoms with Crippen molar-refractivity contribution >= 4 is 27.8 Å². The molecule has 5 heterocycles. The third kappa shape index (κ3) is 4.75. The molecular formula is C26H26N6O2. The summed E-state index contributed by atoms with van der Waals surface area (Å²) in [5.74, 6) is 0.882. The smallest absolute Gasteiger partial charge is 0.223 e. The number of rotatable bonds is 3. The van der Waals surface area contributed by atoms with Gasteiger partial charge in [0.05, 0.1) is 46.6 Å². The molecule has 1 unspecified atom stereocenters. The van der Waals surface area contributed by atoms with Crippen LogP contribution in [-0.4, -0.2) is 50.5 Å². The van der Waals surface area contributed by atoms with Crippen LogP contribution in [0.3, 0.4) is 0 Å². The van der Waals surface area contributed by atoms with Gasteiger partial charge in [0.1, 0.15) is 5.82 Å². The SMILES string of the molecule is C1CCOCC1.N#Cc1ccc2ncc3[nH]c(C4CC(=O)N(Cc5ccccn5)C4)nc3c2c1. The van der Waals surface area contributed by atoms with Crippen molar-refractivity contribution in [1.82, 2.24) is 24.8 Å². The molecule has 2 aliphatic rings. The summed E-state index contributed by atoms with van der Waals surface area (Å²) in [6.07, 6.45) is 7.84. The fourth-order valence-corrected chi connectivity index (χ4v) is 4.42. The van der Waals surface area contributed by atoms with Crippen molar-refractivity contribution in [2.24, 2.45) is 0 Å². The van der Waals surface area contributed by atoms with E-state index in [-0.39, 0.29) is 11.8 Å². The maximum absolute atomic E-state index is 12.5. The van der Waals surface area contributed by atoms with E-state index in [2.05, 4.69) is 21.0 Å². The Labute approximate surface area is 197 Å². The molecule has 1 amide bonds. The van der Waals surface area contributed by atoms with Gasteiger partial charge in [-0.2, -0.15) is 5.26 Å². The highest BCUT2D eigenvalue weighted by Crippen LogP contribution is 2.30. The molecule has 2 fully saturated rings. The predicted octanol–water partition coefficient (Wildman–Crippen LogP) is 4.08. The summed E-state index contributed by atoms with van der Waals surface area (Å²) in [5, 5.41) is 10.0. The van der Waals surface area contributed by atoms with Gasteiger partial charge in [-0.15, -0.1) is 0 Å². The third-order valence-corrected chi connectivity index (χ3v) is 6.22. The van der Waals surface area contributed by atoms with Gasteiger partial charge in [-0.25, -0.2) is 4.98 Å². The van der Waals surface area contributed by atoms with Crippen LogP contribution in [-0.2, 0) is 16.1 Å². The normalized spacial score (nSPS) is 18.0. The number of aromatic amines is 1. The van der Waals surface area contributed by atoms with Gasteiger partial charge < -0.3 is 14.6 Å². The summed E-state index contributed by atoms with van der Waals surface area (Å²) in [6.45, 7) is 3.11. The first-order valence-electron chi connectivity index (χ1n) is 11.6. The predicted molar refractivity (Wildman–Crippen MR) is 128 cm³/mol. The minimum absolute atomic E-state index is 0.00203. The zero-order valence-corrected chi connectivity index (χ0v) is 18.9. The lowest BCUT2D eigenvalue weighted by Gasteiger charge is -2.15. The number of imidazole rings is 1. The van der Waals surface area contributed by atoms with Crippen molar-refractivity contribution in [3.05, 3.63) is 65.9 Å². The first-order chi connectivity index (χ1) is 16.7. The number of ether oxygens (including phenoxy) is 1. The molecule has 2 aliphatic heterocycles. The summed E-state index contributed by atoms with van der Waals surface area (Å²) in [6, 6.07) is 13.3. The number of hydrogen-bond donors (Lipinski definition) is 1. The van der Waals surface area contributed by atoms with Crippen LogP contribution in [0.4, 0.5) is 0 Å². The Kier molecular flexibility index (Phi) is 6.45. The zero-order chi connectivity index (χ0) is 23.3. The molecule has 8 heteroatoms. The van der Waals surface area contributed by atoms with E-state index in [1.165, 1.54) is 19.3 Å². The van der Waals surface area contributed by atoms with Crippen molar-refractivity contribution in [3.8, 4) is 6.07 Å². The minimum Gasteiger partial charge on any atom is -0.381 e. The summed E-state index contributed by atoms with van der Waals surface area (Å²) < 4.78 is 5.07. The average molecular weight is 455 g/mol. The molecule has 172 valence electrons. The number of aromatic nitrogens is 4. The molecular weight excluding hydrogens is 428 g/mol. The summed E-state index contributed by atoms with van der Waals surface area (Å²) >= 11 is 0. The molecule has 1 N–H and O–H groups in total. The Morgan fingerprint density at radius 3 is 2.74 bits per heavy atom. The number of fused-ring (bicyclic) bond motifs is 3. The lowest BCUT2D eigenvalue weighted by Crippen LogP contribution is -2.24. The molecule has 2 saturated heterocycles. The zero-order valence-electron chi connectivity index (χ0n) is 18.9. The number of nitrogens with one attached hydrogen (secondary N) is 1. The van der Waals surface area contributed by atoms with Crippen molar-refractivity contribution in [2.45, 2.75) is 38.1 Å². The topological polar surface area (TPSA) is 108 Å². The molecule has 8 nitrogen and oxygen atoms in total. The number of amides is 1.